The van der Waals surface area contributed by atoms with Crippen LogP contribution in [0.2, 0.25) is 0 Å². The minimum atomic E-state index is -0.0515. The maximum Gasteiger partial charge on any atom is 0.229 e. The molecule has 174 valence electrons. The number of ether oxygens (including phenoxy) is 1. The van der Waals surface area contributed by atoms with Gasteiger partial charge in [0.15, 0.2) is 11.5 Å². The van der Waals surface area contributed by atoms with E-state index in [2.05, 4.69) is 57.5 Å². The number of aromatic amines is 1. The van der Waals surface area contributed by atoms with Crippen LogP contribution in [-0.4, -0.2) is 75.2 Å². The quantitative estimate of drug-likeness (QED) is 0.507. The summed E-state index contributed by atoms with van der Waals surface area (Å²) in [7, 11) is 1.87. The second-order valence-electron chi connectivity index (χ2n) is 9.10. The summed E-state index contributed by atoms with van der Waals surface area (Å²) >= 11 is 0. The number of carbonyl (C=O) groups excluding carboxylic acids is 1. The second-order valence-corrected chi connectivity index (χ2v) is 9.10. The summed E-state index contributed by atoms with van der Waals surface area (Å²) in [5.74, 6) is 1.81. The number of hydrogen-bond donors (Lipinski definition) is 1. The summed E-state index contributed by atoms with van der Waals surface area (Å²) in [5.41, 5.74) is 3.97. The molecule has 3 aromatic heterocycles. The Labute approximate surface area is 197 Å². The molecule has 0 bridgehead atoms. The largest absolute Gasteiger partial charge is 0.377 e. The van der Waals surface area contributed by atoms with Crippen molar-refractivity contribution in [3.05, 3.63) is 54.4 Å². The number of nitrogens with one attached hydrogen (secondary N) is 1. The number of hydrogen-bond acceptors (Lipinski definition) is 6. The van der Waals surface area contributed by atoms with Gasteiger partial charge in [0.1, 0.15) is 5.82 Å². The number of aromatic nitrogens is 5. The number of H-pyrrole nitrogens is 1. The van der Waals surface area contributed by atoms with Gasteiger partial charge in [-0.1, -0.05) is 24.3 Å². The molecular weight excluding hydrogens is 430 g/mol. The van der Waals surface area contributed by atoms with E-state index < -0.39 is 0 Å². The highest BCUT2D eigenvalue weighted by Crippen LogP contribution is 2.35. The monoisotopic (exact) mass is 457 g/mol. The van der Waals surface area contributed by atoms with Crippen molar-refractivity contribution in [3.8, 4) is 16.9 Å². The number of pyridine rings is 1. The summed E-state index contributed by atoms with van der Waals surface area (Å²) in [5, 5.41) is 12.6. The molecule has 2 fully saturated rings. The van der Waals surface area contributed by atoms with E-state index in [0.29, 0.717) is 13.2 Å². The lowest BCUT2D eigenvalue weighted by atomic mass is 9.94. The van der Waals surface area contributed by atoms with Gasteiger partial charge in [-0.3, -0.25) is 9.89 Å². The number of anilines is 1. The number of likely N-dealkylation sites (N-methyl/N-ethyl adjacent to an activating group) is 1. The van der Waals surface area contributed by atoms with Gasteiger partial charge < -0.3 is 14.5 Å². The van der Waals surface area contributed by atoms with Crippen LogP contribution in [0.25, 0.3) is 28.0 Å². The maximum atomic E-state index is 12.5. The Kier molecular flexibility index (Phi) is 5.06. The first-order valence-electron chi connectivity index (χ1n) is 11.7. The molecule has 6 rings (SSSR count). The van der Waals surface area contributed by atoms with E-state index >= 15 is 0 Å². The molecule has 1 N–H and O–H groups in total. The topological polar surface area (TPSA) is 92.2 Å². The Morgan fingerprint density at radius 3 is 2.71 bits per heavy atom. The number of rotatable bonds is 4. The minimum absolute atomic E-state index is 0.0515. The Balaban J connectivity index is 1.46. The summed E-state index contributed by atoms with van der Waals surface area (Å²) in [6, 6.07) is 12.6. The van der Waals surface area contributed by atoms with Crippen LogP contribution in [0.15, 0.2) is 48.8 Å². The van der Waals surface area contributed by atoms with Gasteiger partial charge in [0.05, 0.1) is 37.6 Å². The smallest absolute Gasteiger partial charge is 0.229 e. The number of nitrogens with zero attached hydrogens (tertiary/aromatic N) is 6. The maximum absolute atomic E-state index is 12.5. The molecule has 0 spiro atoms. The average Bonchev–Trinajstić information content (AvgIpc) is 3.60. The minimum Gasteiger partial charge on any atom is -0.377 e. The van der Waals surface area contributed by atoms with Crippen LogP contribution in [0.3, 0.4) is 0 Å². The molecular formula is C25H27N7O2. The lowest BCUT2D eigenvalue weighted by Gasteiger charge is -2.34. The van der Waals surface area contributed by atoms with E-state index in [1.807, 2.05) is 24.2 Å². The molecule has 1 amide bonds. The molecule has 1 aromatic carbocycles. The SMILES string of the molecule is C[C@@H]1COCCN1c1cc(-c2ccc(C3CCN(C)C3=O)cc2)c2cnn(-c3ccn[nH]3)c2n1. The van der Waals surface area contributed by atoms with Gasteiger partial charge in [-0.05, 0) is 36.1 Å². The first kappa shape index (κ1) is 20.9. The second kappa shape index (κ2) is 8.25. The van der Waals surface area contributed by atoms with Crippen molar-refractivity contribution in [1.82, 2.24) is 29.9 Å². The normalized spacial score (nSPS) is 21.1. The van der Waals surface area contributed by atoms with Crippen molar-refractivity contribution in [2.24, 2.45) is 0 Å². The van der Waals surface area contributed by atoms with Crippen LogP contribution < -0.4 is 4.90 Å². The van der Waals surface area contributed by atoms with Crippen LogP contribution >= 0.6 is 0 Å². The van der Waals surface area contributed by atoms with Crippen molar-refractivity contribution < 1.29 is 9.53 Å². The van der Waals surface area contributed by atoms with E-state index in [1.54, 1.807) is 10.9 Å². The fourth-order valence-electron chi connectivity index (χ4n) is 5.01. The van der Waals surface area contributed by atoms with Gasteiger partial charge in [0, 0.05) is 31.6 Å². The van der Waals surface area contributed by atoms with Crippen LogP contribution in [-0.2, 0) is 9.53 Å². The number of morpholine rings is 1. The average molecular weight is 458 g/mol. The number of fused-ring (bicyclic) bond motifs is 1. The van der Waals surface area contributed by atoms with Crippen molar-refractivity contribution >= 4 is 22.8 Å². The third-order valence-corrected chi connectivity index (χ3v) is 6.96. The van der Waals surface area contributed by atoms with Crippen molar-refractivity contribution in [2.45, 2.75) is 25.3 Å². The molecule has 5 heterocycles. The van der Waals surface area contributed by atoms with Gasteiger partial charge in [0.25, 0.3) is 0 Å². The van der Waals surface area contributed by atoms with E-state index in [9.17, 15) is 4.79 Å². The van der Waals surface area contributed by atoms with Gasteiger partial charge in [0.2, 0.25) is 5.91 Å². The highest BCUT2D eigenvalue weighted by atomic mass is 16.5. The Morgan fingerprint density at radius 1 is 1.15 bits per heavy atom. The standard InChI is InChI=1S/C25H27N7O2/c1-16-15-34-12-11-31(16)23-13-20(21-14-27-32(24(21)28-23)22-7-9-26-29-22)18-5-3-17(4-6-18)19-8-10-30(2)25(19)33/h3-7,9,13-14,16,19H,8,10-12,15H2,1-2H3,(H,26,29)/t16-,19?/m1/s1. The third kappa shape index (κ3) is 3.43. The Bertz CT molecular complexity index is 1330. The van der Waals surface area contributed by atoms with E-state index in [-0.39, 0.29) is 17.9 Å². The molecule has 9 nitrogen and oxygen atoms in total. The third-order valence-electron chi connectivity index (χ3n) is 6.96. The van der Waals surface area contributed by atoms with E-state index in [0.717, 1.165) is 58.9 Å². The Morgan fingerprint density at radius 2 is 2.00 bits per heavy atom. The fraction of sp³-hybridized carbons (Fsp3) is 0.360. The van der Waals surface area contributed by atoms with Crippen LogP contribution in [0, 0.1) is 0 Å². The summed E-state index contributed by atoms with van der Waals surface area (Å²) < 4.78 is 7.44. The fourth-order valence-corrected chi connectivity index (χ4v) is 5.01. The lowest BCUT2D eigenvalue weighted by Crippen LogP contribution is -2.44. The van der Waals surface area contributed by atoms with E-state index in [1.165, 1.54) is 0 Å². The van der Waals surface area contributed by atoms with Crippen molar-refractivity contribution in [2.75, 3.05) is 38.3 Å². The first-order valence-corrected chi connectivity index (χ1v) is 11.7. The molecule has 2 aliphatic heterocycles. The molecule has 1 unspecified atom stereocenters. The number of carbonyl (C=O) groups is 1. The number of likely N-dealkylation sites (tertiary alicyclic amines) is 1. The predicted octanol–water partition coefficient (Wildman–Crippen LogP) is 2.98. The number of benzene rings is 1. The molecule has 34 heavy (non-hydrogen) atoms. The van der Waals surface area contributed by atoms with Crippen LogP contribution in [0.1, 0.15) is 24.8 Å². The summed E-state index contributed by atoms with van der Waals surface area (Å²) in [4.78, 5) is 21.6. The first-order chi connectivity index (χ1) is 16.6. The van der Waals surface area contributed by atoms with Crippen molar-refractivity contribution in [1.29, 1.82) is 0 Å². The van der Waals surface area contributed by atoms with Crippen molar-refractivity contribution in [3.63, 3.8) is 0 Å². The van der Waals surface area contributed by atoms with Crippen LogP contribution in [0.5, 0.6) is 0 Å². The van der Waals surface area contributed by atoms with Gasteiger partial charge in [-0.2, -0.15) is 14.9 Å². The Hall–Kier alpha value is -3.72. The number of amides is 1. The molecule has 2 saturated heterocycles. The van der Waals surface area contributed by atoms with E-state index in [4.69, 9.17) is 9.72 Å². The highest BCUT2D eigenvalue weighted by Gasteiger charge is 2.30. The lowest BCUT2D eigenvalue weighted by molar-refractivity contribution is -0.127. The molecule has 4 aromatic rings. The molecule has 0 radical (unpaired) electrons. The highest BCUT2D eigenvalue weighted by molar-refractivity contribution is 5.95. The zero-order valence-corrected chi connectivity index (χ0v) is 19.3. The molecule has 2 aliphatic rings. The molecule has 2 atom stereocenters. The predicted molar refractivity (Wildman–Crippen MR) is 129 cm³/mol. The summed E-state index contributed by atoms with van der Waals surface area (Å²) in [6.07, 6.45) is 4.43. The zero-order chi connectivity index (χ0) is 23.2. The summed E-state index contributed by atoms with van der Waals surface area (Å²) in [6.45, 7) is 5.10. The van der Waals surface area contributed by atoms with Gasteiger partial charge in [-0.15, -0.1) is 0 Å². The zero-order valence-electron chi connectivity index (χ0n) is 19.3. The van der Waals surface area contributed by atoms with Crippen LogP contribution in [0.4, 0.5) is 5.82 Å². The molecule has 9 heteroatoms. The van der Waals surface area contributed by atoms with Gasteiger partial charge >= 0.3 is 0 Å². The molecule has 0 saturated carbocycles. The molecule has 0 aliphatic carbocycles. The van der Waals surface area contributed by atoms with Gasteiger partial charge in [-0.25, -0.2) is 4.98 Å².